The summed E-state index contributed by atoms with van der Waals surface area (Å²) in [6.45, 7) is -4.47. The van der Waals surface area contributed by atoms with Crippen LogP contribution in [0.1, 0.15) is 0 Å². The van der Waals surface area contributed by atoms with E-state index < -0.39 is 62.1 Å². The van der Waals surface area contributed by atoms with E-state index in [1.807, 2.05) is 4.74 Å². The van der Waals surface area contributed by atoms with Crippen molar-refractivity contribution in [3.63, 3.8) is 0 Å². The zero-order valence-electron chi connectivity index (χ0n) is 13.1. The molecule has 0 saturated carbocycles. The van der Waals surface area contributed by atoms with Crippen molar-refractivity contribution in [1.29, 1.82) is 0 Å². The topological polar surface area (TPSA) is 109 Å². The Bertz CT molecular complexity index is 543. The van der Waals surface area contributed by atoms with Crippen molar-refractivity contribution in [2.24, 2.45) is 0 Å². The first-order chi connectivity index (χ1) is 12.6. The van der Waals surface area contributed by atoms with Gasteiger partial charge in [-0.25, -0.2) is 14.2 Å². The van der Waals surface area contributed by atoms with E-state index in [4.69, 9.17) is 20.4 Å². The van der Waals surface area contributed by atoms with Crippen LogP contribution in [0.15, 0.2) is 0 Å². The lowest BCUT2D eigenvalue weighted by Crippen LogP contribution is -2.59. The number of rotatable bonds is 12. The summed E-state index contributed by atoms with van der Waals surface area (Å²) < 4.78 is 161. The molecule has 0 aliphatic rings. The molecule has 0 amide bonds. The van der Waals surface area contributed by atoms with Crippen LogP contribution in [0.2, 0.25) is 0 Å². The van der Waals surface area contributed by atoms with E-state index in [1.165, 1.54) is 0 Å². The molecule has 176 valence electrons. The minimum atomic E-state index is -7.12. The largest absolute Gasteiger partial charge is 0.453 e. The van der Waals surface area contributed by atoms with Crippen molar-refractivity contribution in [3.05, 3.63) is 0 Å². The van der Waals surface area contributed by atoms with Gasteiger partial charge in [-0.1, -0.05) is 0 Å². The Morgan fingerprint density at radius 1 is 0.586 bits per heavy atom. The molecule has 0 rings (SSSR count). The lowest BCUT2D eigenvalue weighted by molar-refractivity contribution is -0.560. The van der Waals surface area contributed by atoms with Crippen molar-refractivity contribution in [2.45, 2.75) is 48.9 Å². The third-order valence-corrected chi connectivity index (χ3v) is 2.56. The predicted octanol–water partition coefficient (Wildman–Crippen LogP) is 1.30. The first-order valence-corrected chi connectivity index (χ1v) is 6.53. The van der Waals surface area contributed by atoms with Gasteiger partial charge < -0.3 is 20.4 Å². The minimum absolute atomic E-state index is 1.70. The zero-order valence-corrected chi connectivity index (χ0v) is 13.1. The summed E-state index contributed by atoms with van der Waals surface area (Å²) in [4.78, 5) is 0. The van der Waals surface area contributed by atoms with E-state index in [1.54, 1.807) is 4.74 Å². The summed E-state index contributed by atoms with van der Waals surface area (Å²) in [5, 5.41) is 33.5. The molecular formula is C10H10F12O7. The first kappa shape index (κ1) is 27.9. The molecule has 0 aromatic heterocycles. The Hall–Kier alpha value is -1.12. The highest BCUT2D eigenvalue weighted by Crippen LogP contribution is 2.48. The van der Waals surface area contributed by atoms with E-state index in [0.717, 1.165) is 0 Å². The SMILES string of the molecule is OCC(O)C(O)C(F)(F)OC(F)(F)C(F)(F)OC(F)(F)C(F)(F)OC(F)(F)CO. The molecule has 29 heavy (non-hydrogen) atoms. The van der Waals surface area contributed by atoms with E-state index >= 15 is 0 Å². The van der Waals surface area contributed by atoms with Gasteiger partial charge in [0.1, 0.15) is 12.7 Å². The maximum Gasteiger partial charge on any atom is 0.453 e. The van der Waals surface area contributed by atoms with E-state index in [-0.39, 0.29) is 0 Å². The van der Waals surface area contributed by atoms with Gasteiger partial charge in [-0.15, -0.1) is 0 Å². The summed E-state index contributed by atoms with van der Waals surface area (Å²) >= 11 is 0. The Morgan fingerprint density at radius 2 is 0.931 bits per heavy atom. The molecule has 2 unspecified atom stereocenters. The van der Waals surface area contributed by atoms with Crippen molar-refractivity contribution < 1.29 is 87.3 Å². The van der Waals surface area contributed by atoms with Gasteiger partial charge in [0.2, 0.25) is 0 Å². The molecule has 0 aliphatic carbocycles. The van der Waals surface area contributed by atoms with Crippen LogP contribution in [-0.4, -0.2) is 82.5 Å². The molecule has 0 heterocycles. The predicted molar refractivity (Wildman–Crippen MR) is 59.1 cm³/mol. The fourth-order valence-corrected chi connectivity index (χ4v) is 1.17. The Labute approximate surface area is 151 Å². The van der Waals surface area contributed by atoms with E-state index in [0.29, 0.717) is 0 Å². The highest BCUT2D eigenvalue weighted by molar-refractivity contribution is 4.80. The number of hydrogen-bond donors (Lipinski definition) is 4. The Morgan fingerprint density at radius 3 is 1.28 bits per heavy atom. The van der Waals surface area contributed by atoms with Crippen LogP contribution in [0, 0.1) is 0 Å². The summed E-state index contributed by atoms with van der Waals surface area (Å²) in [6.07, 6.45) is -46.2. The van der Waals surface area contributed by atoms with Gasteiger partial charge in [-0.05, 0) is 0 Å². The normalized spacial score (nSPS) is 17.4. The van der Waals surface area contributed by atoms with Gasteiger partial charge in [0, 0.05) is 0 Å². The molecule has 19 heteroatoms. The van der Waals surface area contributed by atoms with Crippen LogP contribution in [-0.2, 0) is 14.2 Å². The molecule has 4 N–H and O–H groups in total. The maximum absolute atomic E-state index is 13.1. The molecule has 0 fully saturated rings. The zero-order chi connectivity index (χ0) is 23.7. The fourth-order valence-electron chi connectivity index (χ4n) is 1.17. The van der Waals surface area contributed by atoms with Crippen LogP contribution in [0.4, 0.5) is 52.7 Å². The maximum atomic E-state index is 13.1. The lowest BCUT2D eigenvalue weighted by Gasteiger charge is -2.35. The van der Waals surface area contributed by atoms with Gasteiger partial charge >= 0.3 is 36.7 Å². The van der Waals surface area contributed by atoms with Crippen LogP contribution >= 0.6 is 0 Å². The molecule has 0 bridgehead atoms. The van der Waals surface area contributed by atoms with Crippen LogP contribution in [0.5, 0.6) is 0 Å². The average molecular weight is 470 g/mol. The number of aliphatic hydroxyl groups is 4. The van der Waals surface area contributed by atoms with Crippen molar-refractivity contribution in [1.82, 2.24) is 0 Å². The van der Waals surface area contributed by atoms with Crippen LogP contribution < -0.4 is 0 Å². The molecule has 0 spiro atoms. The number of halogens is 12. The van der Waals surface area contributed by atoms with Gasteiger partial charge in [0.15, 0.2) is 6.10 Å². The number of alkyl halides is 12. The van der Waals surface area contributed by atoms with E-state index in [9.17, 15) is 52.7 Å². The molecule has 0 aromatic rings. The molecule has 0 radical (unpaired) electrons. The highest BCUT2D eigenvalue weighted by atomic mass is 19.4. The standard InChI is InChI=1S/C10H10F12O7/c11-5(12,2-24)27-7(15,16)9(19,20)29-10(21,22)8(17,18)28-6(13,14)4(26)3(25)1-23/h3-4,23-26H,1-2H2. The lowest BCUT2D eigenvalue weighted by atomic mass is 10.2. The summed E-state index contributed by atoms with van der Waals surface area (Å²) in [5.74, 6) is 0. The number of ether oxygens (including phenoxy) is 3. The Kier molecular flexibility index (Phi) is 8.22. The summed E-state index contributed by atoms with van der Waals surface area (Å²) in [5.41, 5.74) is 0. The second kappa shape index (κ2) is 8.55. The van der Waals surface area contributed by atoms with Crippen molar-refractivity contribution >= 4 is 0 Å². The summed E-state index contributed by atoms with van der Waals surface area (Å²) in [6, 6.07) is 0. The van der Waals surface area contributed by atoms with Crippen molar-refractivity contribution in [2.75, 3.05) is 13.2 Å². The van der Waals surface area contributed by atoms with Gasteiger partial charge in [-0.2, -0.15) is 52.7 Å². The first-order valence-electron chi connectivity index (χ1n) is 6.53. The number of hydrogen-bond acceptors (Lipinski definition) is 7. The molecule has 0 saturated heterocycles. The second-order valence-electron chi connectivity index (χ2n) is 4.93. The van der Waals surface area contributed by atoms with Crippen molar-refractivity contribution in [3.8, 4) is 0 Å². The van der Waals surface area contributed by atoms with E-state index in [2.05, 4.69) is 4.74 Å². The Balaban J connectivity index is 5.64. The quantitative estimate of drug-likeness (QED) is 0.319. The smallest absolute Gasteiger partial charge is 0.394 e. The second-order valence-corrected chi connectivity index (χ2v) is 4.93. The number of aliphatic hydroxyl groups excluding tert-OH is 4. The molecule has 2 atom stereocenters. The monoisotopic (exact) mass is 470 g/mol. The third kappa shape index (κ3) is 6.69. The third-order valence-electron chi connectivity index (χ3n) is 2.56. The minimum Gasteiger partial charge on any atom is -0.394 e. The molecule has 7 nitrogen and oxygen atoms in total. The molecule has 0 aromatic carbocycles. The summed E-state index contributed by atoms with van der Waals surface area (Å²) in [7, 11) is 0. The van der Waals surface area contributed by atoms with Crippen LogP contribution in [0.3, 0.4) is 0 Å². The van der Waals surface area contributed by atoms with Gasteiger partial charge in [-0.3, -0.25) is 0 Å². The fraction of sp³-hybridized carbons (Fsp3) is 1.00. The van der Waals surface area contributed by atoms with Gasteiger partial charge in [0.25, 0.3) is 0 Å². The van der Waals surface area contributed by atoms with Gasteiger partial charge in [0.05, 0.1) is 6.61 Å². The average Bonchev–Trinajstić information content (AvgIpc) is 2.50. The molecular weight excluding hydrogens is 460 g/mol. The van der Waals surface area contributed by atoms with Crippen LogP contribution in [0.25, 0.3) is 0 Å². The molecule has 0 aliphatic heterocycles. The highest BCUT2D eigenvalue weighted by Gasteiger charge is 2.74.